The van der Waals surface area contributed by atoms with Gasteiger partial charge in [0, 0.05) is 18.1 Å². The van der Waals surface area contributed by atoms with Crippen molar-refractivity contribution < 1.29 is 9.90 Å². The van der Waals surface area contributed by atoms with Crippen LogP contribution in [-0.2, 0) is 4.79 Å². The third kappa shape index (κ3) is 2.31. The van der Waals surface area contributed by atoms with E-state index in [1.807, 2.05) is 36.1 Å². The van der Waals surface area contributed by atoms with E-state index in [1.54, 1.807) is 11.8 Å². The standard InChI is InChI=1S/C14H15N3O2S/c1-9-13(16-11-5-3-2-4-10(11)15-9)17-6-7-20-8-12(17)14(18)19/h2-5,12H,6-8H2,1H3,(H,18,19). The Balaban J connectivity index is 2.07. The van der Waals surface area contributed by atoms with Crippen molar-refractivity contribution >= 4 is 34.6 Å². The second-order valence-electron chi connectivity index (χ2n) is 4.74. The van der Waals surface area contributed by atoms with E-state index in [0.717, 1.165) is 22.5 Å². The molecule has 0 radical (unpaired) electrons. The predicted molar refractivity (Wildman–Crippen MR) is 80.4 cm³/mol. The third-order valence-corrected chi connectivity index (χ3v) is 4.43. The molecule has 0 amide bonds. The van der Waals surface area contributed by atoms with Crippen molar-refractivity contribution in [3.63, 3.8) is 0 Å². The lowest BCUT2D eigenvalue weighted by molar-refractivity contribution is -0.138. The summed E-state index contributed by atoms with van der Waals surface area (Å²) in [7, 11) is 0. The first-order chi connectivity index (χ1) is 9.66. The Bertz CT molecular complexity index is 662. The van der Waals surface area contributed by atoms with Crippen LogP contribution in [0.1, 0.15) is 5.69 Å². The quantitative estimate of drug-likeness (QED) is 0.911. The molecule has 6 heteroatoms. The first kappa shape index (κ1) is 13.2. The lowest BCUT2D eigenvalue weighted by atomic mass is 10.2. The molecule has 1 fully saturated rings. The molecule has 0 aliphatic carbocycles. The molecule has 1 aromatic heterocycles. The molecule has 1 aliphatic heterocycles. The fraction of sp³-hybridized carbons (Fsp3) is 0.357. The van der Waals surface area contributed by atoms with Crippen molar-refractivity contribution in [1.82, 2.24) is 9.97 Å². The number of carboxylic acid groups (broad SMARTS) is 1. The Morgan fingerprint density at radius 2 is 2.05 bits per heavy atom. The number of aromatic nitrogens is 2. The Morgan fingerprint density at radius 1 is 1.35 bits per heavy atom. The fourth-order valence-corrected chi connectivity index (χ4v) is 3.45. The van der Waals surface area contributed by atoms with Crippen LogP contribution in [0.15, 0.2) is 24.3 Å². The van der Waals surface area contributed by atoms with Crippen molar-refractivity contribution in [1.29, 1.82) is 0 Å². The summed E-state index contributed by atoms with van der Waals surface area (Å²) in [5, 5.41) is 9.37. The van der Waals surface area contributed by atoms with Gasteiger partial charge in [0.1, 0.15) is 6.04 Å². The molecular formula is C14H15N3O2S. The first-order valence-corrected chi connectivity index (χ1v) is 7.63. The largest absolute Gasteiger partial charge is 0.480 e. The van der Waals surface area contributed by atoms with Gasteiger partial charge >= 0.3 is 5.97 Å². The molecule has 0 saturated carbocycles. The van der Waals surface area contributed by atoms with Gasteiger partial charge in [0.25, 0.3) is 0 Å². The molecule has 104 valence electrons. The molecule has 0 spiro atoms. The van der Waals surface area contributed by atoms with Gasteiger partial charge in [0.05, 0.1) is 16.7 Å². The molecular weight excluding hydrogens is 274 g/mol. The molecule has 0 bridgehead atoms. The summed E-state index contributed by atoms with van der Waals surface area (Å²) in [5.41, 5.74) is 2.42. The summed E-state index contributed by atoms with van der Waals surface area (Å²) >= 11 is 1.67. The maximum absolute atomic E-state index is 11.4. The zero-order valence-corrected chi connectivity index (χ0v) is 11.9. The van der Waals surface area contributed by atoms with Gasteiger partial charge in [0.15, 0.2) is 5.82 Å². The summed E-state index contributed by atoms with van der Waals surface area (Å²) < 4.78 is 0. The number of benzene rings is 1. The van der Waals surface area contributed by atoms with Crippen molar-refractivity contribution in [3.05, 3.63) is 30.0 Å². The van der Waals surface area contributed by atoms with E-state index in [4.69, 9.17) is 0 Å². The molecule has 1 unspecified atom stereocenters. The highest BCUT2D eigenvalue weighted by atomic mass is 32.2. The van der Waals surface area contributed by atoms with E-state index < -0.39 is 12.0 Å². The summed E-state index contributed by atoms with van der Waals surface area (Å²) in [6.45, 7) is 2.57. The number of hydrogen-bond donors (Lipinski definition) is 1. The van der Waals surface area contributed by atoms with Crippen LogP contribution in [0.5, 0.6) is 0 Å². The van der Waals surface area contributed by atoms with Crippen molar-refractivity contribution in [2.75, 3.05) is 23.0 Å². The molecule has 1 aromatic carbocycles. The zero-order chi connectivity index (χ0) is 14.1. The van der Waals surface area contributed by atoms with Crippen molar-refractivity contribution in [2.45, 2.75) is 13.0 Å². The van der Waals surface area contributed by atoms with Crippen LogP contribution in [0.4, 0.5) is 5.82 Å². The van der Waals surface area contributed by atoms with E-state index >= 15 is 0 Å². The van der Waals surface area contributed by atoms with Crippen LogP contribution in [0.25, 0.3) is 11.0 Å². The molecule has 1 aliphatic rings. The number of thioether (sulfide) groups is 1. The number of aryl methyl sites for hydroxylation is 1. The van der Waals surface area contributed by atoms with Crippen LogP contribution < -0.4 is 4.90 Å². The van der Waals surface area contributed by atoms with E-state index in [0.29, 0.717) is 18.1 Å². The lowest BCUT2D eigenvalue weighted by Crippen LogP contribution is -2.48. The molecule has 2 aromatic rings. The van der Waals surface area contributed by atoms with E-state index in [-0.39, 0.29) is 0 Å². The maximum Gasteiger partial charge on any atom is 0.327 e. The number of carbonyl (C=O) groups is 1. The molecule has 1 atom stereocenters. The summed E-state index contributed by atoms with van der Waals surface area (Å²) in [4.78, 5) is 22.4. The first-order valence-electron chi connectivity index (χ1n) is 6.47. The number of carboxylic acids is 1. The Labute approximate surface area is 121 Å². The van der Waals surface area contributed by atoms with Gasteiger partial charge in [0.2, 0.25) is 0 Å². The Hall–Kier alpha value is -1.82. The predicted octanol–water partition coefficient (Wildman–Crippen LogP) is 1.94. The summed E-state index contributed by atoms with van der Waals surface area (Å²) in [5.74, 6) is 1.39. The highest BCUT2D eigenvalue weighted by Crippen LogP contribution is 2.26. The highest BCUT2D eigenvalue weighted by molar-refractivity contribution is 7.99. The number of hydrogen-bond acceptors (Lipinski definition) is 5. The minimum Gasteiger partial charge on any atom is -0.480 e. The average molecular weight is 289 g/mol. The SMILES string of the molecule is Cc1nc2ccccc2nc1N1CCSCC1C(=O)O. The smallest absolute Gasteiger partial charge is 0.327 e. The molecule has 2 heterocycles. The Morgan fingerprint density at radius 3 is 2.75 bits per heavy atom. The molecule has 1 N–H and O–H groups in total. The van der Waals surface area contributed by atoms with Gasteiger partial charge in [-0.1, -0.05) is 12.1 Å². The number of para-hydroxylation sites is 2. The summed E-state index contributed by atoms with van der Waals surface area (Å²) in [6.07, 6.45) is 0. The zero-order valence-electron chi connectivity index (χ0n) is 11.1. The molecule has 20 heavy (non-hydrogen) atoms. The number of fused-ring (bicyclic) bond motifs is 1. The highest BCUT2D eigenvalue weighted by Gasteiger charge is 2.31. The molecule has 5 nitrogen and oxygen atoms in total. The number of rotatable bonds is 2. The van der Waals surface area contributed by atoms with Gasteiger partial charge in [-0.05, 0) is 19.1 Å². The second-order valence-corrected chi connectivity index (χ2v) is 5.89. The average Bonchev–Trinajstić information content (AvgIpc) is 2.46. The topological polar surface area (TPSA) is 66.3 Å². The lowest BCUT2D eigenvalue weighted by Gasteiger charge is -2.34. The normalized spacial score (nSPS) is 19.2. The van der Waals surface area contributed by atoms with Gasteiger partial charge in [-0.2, -0.15) is 11.8 Å². The van der Waals surface area contributed by atoms with Crippen LogP contribution in [0.2, 0.25) is 0 Å². The minimum atomic E-state index is -0.799. The number of anilines is 1. The van der Waals surface area contributed by atoms with E-state index in [1.165, 1.54) is 0 Å². The van der Waals surface area contributed by atoms with E-state index in [9.17, 15) is 9.90 Å². The van der Waals surface area contributed by atoms with Crippen LogP contribution in [-0.4, -0.2) is 45.1 Å². The van der Waals surface area contributed by atoms with Gasteiger partial charge in [-0.15, -0.1) is 0 Å². The molecule has 3 rings (SSSR count). The van der Waals surface area contributed by atoms with Gasteiger partial charge in [-0.3, -0.25) is 0 Å². The van der Waals surface area contributed by atoms with Crippen LogP contribution >= 0.6 is 11.8 Å². The summed E-state index contributed by atoms with van der Waals surface area (Å²) in [6, 6.07) is 7.13. The van der Waals surface area contributed by atoms with Gasteiger partial charge in [-0.25, -0.2) is 14.8 Å². The van der Waals surface area contributed by atoms with Crippen LogP contribution in [0.3, 0.4) is 0 Å². The van der Waals surface area contributed by atoms with E-state index in [2.05, 4.69) is 9.97 Å². The Kier molecular flexibility index (Phi) is 3.48. The monoisotopic (exact) mass is 289 g/mol. The number of nitrogens with zero attached hydrogens (tertiary/aromatic N) is 3. The number of aliphatic carboxylic acids is 1. The van der Waals surface area contributed by atoms with Crippen molar-refractivity contribution in [3.8, 4) is 0 Å². The minimum absolute atomic E-state index is 0.525. The maximum atomic E-state index is 11.4. The van der Waals surface area contributed by atoms with Gasteiger partial charge < -0.3 is 10.0 Å². The second kappa shape index (κ2) is 5.28. The fourth-order valence-electron chi connectivity index (χ4n) is 2.41. The van der Waals surface area contributed by atoms with Crippen LogP contribution in [0, 0.1) is 6.92 Å². The van der Waals surface area contributed by atoms with Crippen molar-refractivity contribution in [2.24, 2.45) is 0 Å². The molecule has 1 saturated heterocycles. The third-order valence-electron chi connectivity index (χ3n) is 3.41.